The molecule has 118 valence electrons. The number of rotatable bonds is 4. The number of esters is 1. The molecule has 0 aliphatic carbocycles. The molecule has 0 aromatic heterocycles. The van der Waals surface area contributed by atoms with E-state index in [2.05, 4.69) is 21.3 Å². The zero-order valence-electron chi connectivity index (χ0n) is 11.4. The smallest absolute Gasteiger partial charge is 0.478 e. The second-order valence-corrected chi connectivity index (χ2v) is 3.85. The summed E-state index contributed by atoms with van der Waals surface area (Å²) in [5.41, 5.74) is -0.568. The van der Waals surface area contributed by atoms with E-state index in [1.54, 1.807) is 6.92 Å². The molecule has 5 nitrogen and oxygen atoms in total. The molecule has 0 unspecified atom stereocenters. The average Bonchev–Trinajstić information content (AvgIpc) is 2.37. The first-order chi connectivity index (χ1) is 10.2. The van der Waals surface area contributed by atoms with Crippen LogP contribution in [0.25, 0.3) is 0 Å². The molecule has 0 fully saturated rings. The van der Waals surface area contributed by atoms with Crippen LogP contribution in [0.5, 0.6) is 5.75 Å². The van der Waals surface area contributed by atoms with Crippen molar-refractivity contribution < 1.29 is 37.3 Å². The van der Waals surface area contributed by atoms with E-state index in [0.717, 1.165) is 12.1 Å². The van der Waals surface area contributed by atoms with Crippen LogP contribution in [0.1, 0.15) is 29.3 Å². The number of hydrogen-bond donors (Lipinski definition) is 1. The maximum Gasteiger partial charge on any atom is 0.573 e. The molecule has 0 spiro atoms. The zero-order valence-corrected chi connectivity index (χ0v) is 11.4. The van der Waals surface area contributed by atoms with Gasteiger partial charge in [-0.1, -0.05) is 11.8 Å². The Morgan fingerprint density at radius 2 is 2.00 bits per heavy atom. The van der Waals surface area contributed by atoms with E-state index in [9.17, 15) is 22.8 Å². The molecule has 22 heavy (non-hydrogen) atoms. The lowest BCUT2D eigenvalue weighted by Gasteiger charge is -2.11. The summed E-state index contributed by atoms with van der Waals surface area (Å²) in [4.78, 5) is 21.9. The van der Waals surface area contributed by atoms with Crippen molar-refractivity contribution in [2.45, 2.75) is 19.7 Å². The normalized spacial score (nSPS) is 10.4. The van der Waals surface area contributed by atoms with Gasteiger partial charge in [0.15, 0.2) is 0 Å². The van der Waals surface area contributed by atoms with Crippen molar-refractivity contribution in [3.05, 3.63) is 29.3 Å². The molecule has 0 bridgehead atoms. The molecule has 1 aromatic rings. The number of halogens is 3. The van der Waals surface area contributed by atoms with Gasteiger partial charge < -0.3 is 14.6 Å². The van der Waals surface area contributed by atoms with E-state index < -0.39 is 29.6 Å². The lowest BCUT2D eigenvalue weighted by atomic mass is 10.1. The molecule has 0 saturated carbocycles. The van der Waals surface area contributed by atoms with E-state index in [-0.39, 0.29) is 18.6 Å². The van der Waals surface area contributed by atoms with Crippen molar-refractivity contribution in [3.63, 3.8) is 0 Å². The van der Waals surface area contributed by atoms with Crippen LogP contribution in [-0.2, 0) is 9.53 Å². The van der Waals surface area contributed by atoms with Crippen LogP contribution in [0.3, 0.4) is 0 Å². The summed E-state index contributed by atoms with van der Waals surface area (Å²) in [6.45, 7) is 1.81. The van der Waals surface area contributed by atoms with Crippen molar-refractivity contribution in [2.75, 3.05) is 6.61 Å². The predicted octanol–water partition coefficient (Wildman–Crippen LogP) is 2.59. The summed E-state index contributed by atoms with van der Waals surface area (Å²) >= 11 is 0. The Morgan fingerprint density at radius 1 is 1.32 bits per heavy atom. The van der Waals surface area contributed by atoms with Gasteiger partial charge in [0, 0.05) is 5.56 Å². The fourth-order valence-corrected chi connectivity index (χ4v) is 1.42. The number of hydrogen-bond acceptors (Lipinski definition) is 4. The summed E-state index contributed by atoms with van der Waals surface area (Å²) in [5.74, 6) is 1.85. The Bertz CT molecular complexity index is 626. The van der Waals surface area contributed by atoms with Crippen LogP contribution in [0.15, 0.2) is 18.2 Å². The Balaban J connectivity index is 2.99. The molecule has 1 rings (SSSR count). The van der Waals surface area contributed by atoms with Crippen molar-refractivity contribution in [2.24, 2.45) is 0 Å². The molecule has 0 atom stereocenters. The van der Waals surface area contributed by atoms with Gasteiger partial charge in [-0.05, 0) is 25.1 Å². The SMILES string of the molecule is CCOC(=O)CC#Cc1ccc(C(=O)O)c(OC(F)(F)F)c1. The average molecular weight is 316 g/mol. The molecule has 0 aliphatic rings. The standard InChI is InChI=1S/C14H11F3O5/c1-2-21-12(18)5-3-4-9-6-7-10(13(19)20)11(8-9)22-14(15,16)17/h6-8H,2,5H2,1H3,(H,19,20). The third-order valence-corrected chi connectivity index (χ3v) is 2.21. The van der Waals surface area contributed by atoms with Gasteiger partial charge >= 0.3 is 18.3 Å². The minimum atomic E-state index is -5.03. The fourth-order valence-electron chi connectivity index (χ4n) is 1.42. The predicted molar refractivity (Wildman–Crippen MR) is 68.2 cm³/mol. The van der Waals surface area contributed by atoms with Gasteiger partial charge in [-0.3, -0.25) is 4.79 Å². The van der Waals surface area contributed by atoms with Gasteiger partial charge in [-0.2, -0.15) is 0 Å². The Kier molecular flexibility index (Phi) is 5.81. The third-order valence-electron chi connectivity index (χ3n) is 2.21. The van der Waals surface area contributed by atoms with E-state index in [4.69, 9.17) is 5.11 Å². The van der Waals surface area contributed by atoms with Crippen LogP contribution in [0.2, 0.25) is 0 Å². The van der Waals surface area contributed by atoms with E-state index >= 15 is 0 Å². The molecule has 0 saturated heterocycles. The molecule has 8 heteroatoms. The molecule has 0 amide bonds. The Hall–Kier alpha value is -2.69. The van der Waals surface area contributed by atoms with Gasteiger partial charge in [0.2, 0.25) is 0 Å². The second-order valence-electron chi connectivity index (χ2n) is 3.85. The number of carboxylic acid groups (broad SMARTS) is 1. The molecule has 0 radical (unpaired) electrons. The minimum absolute atomic E-state index is 0.0774. The first-order valence-electron chi connectivity index (χ1n) is 6.00. The highest BCUT2D eigenvalue weighted by Gasteiger charge is 2.33. The number of carboxylic acids is 1. The largest absolute Gasteiger partial charge is 0.573 e. The van der Waals surface area contributed by atoms with Crippen molar-refractivity contribution in [1.29, 1.82) is 0 Å². The number of ether oxygens (including phenoxy) is 2. The number of benzene rings is 1. The quantitative estimate of drug-likeness (QED) is 0.683. The van der Waals surface area contributed by atoms with Crippen LogP contribution in [0.4, 0.5) is 13.2 Å². The second kappa shape index (κ2) is 7.36. The van der Waals surface area contributed by atoms with Crippen molar-refractivity contribution >= 4 is 11.9 Å². The lowest BCUT2D eigenvalue weighted by molar-refractivity contribution is -0.274. The molecular weight excluding hydrogens is 305 g/mol. The highest BCUT2D eigenvalue weighted by Crippen LogP contribution is 2.27. The maximum absolute atomic E-state index is 12.2. The first-order valence-corrected chi connectivity index (χ1v) is 6.00. The molecule has 1 aromatic carbocycles. The summed E-state index contributed by atoms with van der Waals surface area (Å²) in [7, 11) is 0. The van der Waals surface area contributed by atoms with Gasteiger partial charge in [-0.25, -0.2) is 4.79 Å². The number of alkyl halides is 3. The summed E-state index contributed by atoms with van der Waals surface area (Å²) in [5, 5.41) is 8.82. The van der Waals surface area contributed by atoms with Crippen LogP contribution in [0, 0.1) is 11.8 Å². The third kappa shape index (κ3) is 5.75. The van der Waals surface area contributed by atoms with E-state index in [1.807, 2.05) is 0 Å². The fraction of sp³-hybridized carbons (Fsp3) is 0.286. The zero-order chi connectivity index (χ0) is 16.8. The molecule has 1 N–H and O–H groups in total. The molecule has 0 aliphatic heterocycles. The van der Waals surface area contributed by atoms with Gasteiger partial charge in [0.05, 0.1) is 6.61 Å². The highest BCUT2D eigenvalue weighted by atomic mass is 19.4. The van der Waals surface area contributed by atoms with E-state index in [0.29, 0.717) is 0 Å². The Morgan fingerprint density at radius 3 is 2.55 bits per heavy atom. The lowest BCUT2D eigenvalue weighted by Crippen LogP contribution is -2.19. The van der Waals surface area contributed by atoms with Crippen molar-refractivity contribution in [3.8, 4) is 17.6 Å². The van der Waals surface area contributed by atoms with Crippen molar-refractivity contribution in [1.82, 2.24) is 0 Å². The van der Waals surface area contributed by atoms with Crippen LogP contribution < -0.4 is 4.74 Å². The van der Waals surface area contributed by atoms with Crippen LogP contribution >= 0.6 is 0 Å². The van der Waals surface area contributed by atoms with E-state index in [1.165, 1.54) is 6.07 Å². The van der Waals surface area contributed by atoms with Crippen LogP contribution in [-0.4, -0.2) is 30.0 Å². The van der Waals surface area contributed by atoms with Gasteiger partial charge in [0.25, 0.3) is 0 Å². The first kappa shape index (κ1) is 17.4. The number of carbonyl (C=O) groups is 2. The minimum Gasteiger partial charge on any atom is -0.478 e. The summed E-state index contributed by atoms with van der Waals surface area (Å²) < 4.78 is 45.0. The topological polar surface area (TPSA) is 72.8 Å². The highest BCUT2D eigenvalue weighted by molar-refractivity contribution is 5.91. The monoisotopic (exact) mass is 316 g/mol. The van der Waals surface area contributed by atoms with Gasteiger partial charge in [0.1, 0.15) is 17.7 Å². The Labute approximate surface area is 123 Å². The summed E-state index contributed by atoms with van der Waals surface area (Å²) in [6.07, 6.45) is -5.26. The number of carbonyl (C=O) groups excluding carboxylic acids is 1. The van der Waals surface area contributed by atoms with Gasteiger partial charge in [-0.15, -0.1) is 13.2 Å². The maximum atomic E-state index is 12.2. The number of aromatic carboxylic acids is 1. The molecule has 0 heterocycles. The summed E-state index contributed by atoms with van der Waals surface area (Å²) in [6, 6.07) is 3.00. The molecular formula is C14H11F3O5.